The van der Waals surface area contributed by atoms with Crippen molar-refractivity contribution in [1.29, 1.82) is 0 Å². The fraction of sp³-hybridized carbons (Fsp3) is 0.308. The highest BCUT2D eigenvalue weighted by atomic mass is 35.5. The summed E-state index contributed by atoms with van der Waals surface area (Å²) in [7, 11) is 0. The Morgan fingerprint density at radius 2 is 1.77 bits per heavy atom. The molecular weight excluding hydrogens is 490 g/mol. The number of hydrogen-bond donors (Lipinski definition) is 3. The third-order valence-electron chi connectivity index (χ3n) is 5.84. The Balaban J connectivity index is 1.39. The van der Waals surface area contributed by atoms with E-state index < -0.39 is 18.5 Å². The molecule has 0 aliphatic heterocycles. The van der Waals surface area contributed by atoms with E-state index in [0.717, 1.165) is 48.3 Å². The van der Waals surface area contributed by atoms with Crippen LogP contribution in [-0.4, -0.2) is 40.9 Å². The Labute approximate surface area is 212 Å². The predicted octanol–water partition coefficient (Wildman–Crippen LogP) is 6.17. The van der Waals surface area contributed by atoms with Crippen molar-refractivity contribution in [1.82, 2.24) is 0 Å². The molecule has 1 aliphatic carbocycles. The molecule has 0 amide bonds. The molecule has 7 nitrogen and oxygen atoms in total. The van der Waals surface area contributed by atoms with Crippen LogP contribution in [0.15, 0.2) is 54.6 Å². The summed E-state index contributed by atoms with van der Waals surface area (Å²) in [6, 6.07) is 18.1. The lowest BCUT2D eigenvalue weighted by molar-refractivity contribution is -0.139. The number of aliphatic carboxylic acids is 1. The molecule has 1 aromatic heterocycles. The van der Waals surface area contributed by atoms with E-state index in [2.05, 4.69) is 17.4 Å². The molecule has 0 unspecified atom stereocenters. The quantitative estimate of drug-likeness (QED) is 0.296. The van der Waals surface area contributed by atoms with Crippen molar-refractivity contribution in [2.45, 2.75) is 44.4 Å². The fourth-order valence-electron chi connectivity index (χ4n) is 4.13. The van der Waals surface area contributed by atoms with Crippen LogP contribution in [0.3, 0.4) is 0 Å². The van der Waals surface area contributed by atoms with Crippen LogP contribution in [0.25, 0.3) is 10.4 Å². The minimum atomic E-state index is -1.22. The zero-order valence-corrected chi connectivity index (χ0v) is 20.5. The van der Waals surface area contributed by atoms with Crippen LogP contribution in [-0.2, 0) is 16.1 Å². The minimum absolute atomic E-state index is 0.0990. The number of thiophene rings is 1. The van der Waals surface area contributed by atoms with Crippen molar-refractivity contribution in [2.24, 2.45) is 0 Å². The molecule has 0 radical (unpaired) electrons. The highest BCUT2D eigenvalue weighted by Gasteiger charge is 2.25. The van der Waals surface area contributed by atoms with Crippen molar-refractivity contribution in [3.8, 4) is 16.2 Å². The van der Waals surface area contributed by atoms with Gasteiger partial charge < -0.3 is 25.0 Å². The van der Waals surface area contributed by atoms with Gasteiger partial charge in [-0.3, -0.25) is 0 Å². The van der Waals surface area contributed by atoms with E-state index in [-0.39, 0.29) is 21.8 Å². The number of anilines is 1. The maximum Gasteiger partial charge on any atom is 0.349 e. The van der Waals surface area contributed by atoms with E-state index in [1.54, 1.807) is 0 Å². The number of ether oxygens (including phenoxy) is 2. The zero-order valence-electron chi connectivity index (χ0n) is 18.9. The molecule has 2 aromatic carbocycles. The summed E-state index contributed by atoms with van der Waals surface area (Å²) in [5.74, 6) is -2.55. The van der Waals surface area contributed by atoms with E-state index in [9.17, 15) is 14.7 Å². The number of carboxylic acids is 2. The van der Waals surface area contributed by atoms with Gasteiger partial charge in [0.15, 0.2) is 17.2 Å². The number of nitrogens with one attached hydrogen (secondary N) is 1. The van der Waals surface area contributed by atoms with Gasteiger partial charge in [-0.2, -0.15) is 0 Å². The van der Waals surface area contributed by atoms with Gasteiger partial charge in [0.25, 0.3) is 0 Å². The first-order valence-corrected chi connectivity index (χ1v) is 12.5. The van der Waals surface area contributed by atoms with E-state index in [1.807, 2.05) is 42.5 Å². The summed E-state index contributed by atoms with van der Waals surface area (Å²) in [5, 5.41) is 22.1. The normalized spacial score (nSPS) is 17.6. The lowest BCUT2D eigenvalue weighted by Gasteiger charge is -2.30. The van der Waals surface area contributed by atoms with Gasteiger partial charge in [0.2, 0.25) is 0 Å². The number of halogens is 1. The average molecular weight is 516 g/mol. The van der Waals surface area contributed by atoms with Crippen molar-refractivity contribution in [3.63, 3.8) is 0 Å². The van der Waals surface area contributed by atoms with Gasteiger partial charge >= 0.3 is 11.9 Å². The van der Waals surface area contributed by atoms with E-state index >= 15 is 0 Å². The Kier molecular flexibility index (Phi) is 8.28. The highest BCUT2D eigenvalue weighted by molar-refractivity contribution is 7.18. The molecule has 3 aromatic rings. The van der Waals surface area contributed by atoms with Crippen LogP contribution in [0.2, 0.25) is 5.02 Å². The molecule has 184 valence electrons. The molecule has 0 spiro atoms. The summed E-state index contributed by atoms with van der Waals surface area (Å²) >= 11 is 7.38. The number of aromatic carboxylic acids is 1. The van der Waals surface area contributed by atoms with Crippen molar-refractivity contribution in [3.05, 3.63) is 70.1 Å². The van der Waals surface area contributed by atoms with Gasteiger partial charge in [0, 0.05) is 11.7 Å². The number of rotatable bonds is 10. The van der Waals surface area contributed by atoms with Gasteiger partial charge in [-0.1, -0.05) is 54.1 Å². The Morgan fingerprint density at radius 3 is 2.46 bits per heavy atom. The van der Waals surface area contributed by atoms with Crippen molar-refractivity contribution >= 4 is 40.6 Å². The minimum Gasteiger partial charge on any atom is -0.479 e. The first-order chi connectivity index (χ1) is 16.9. The molecule has 1 fully saturated rings. The maximum atomic E-state index is 11.6. The molecule has 0 atom stereocenters. The largest absolute Gasteiger partial charge is 0.479 e. The second-order valence-electron chi connectivity index (χ2n) is 8.39. The molecule has 1 heterocycles. The first kappa shape index (κ1) is 25.0. The van der Waals surface area contributed by atoms with Crippen molar-refractivity contribution in [2.75, 3.05) is 11.9 Å². The summed E-state index contributed by atoms with van der Waals surface area (Å²) in [6.07, 6.45) is 4.18. The Bertz CT molecular complexity index is 1170. The second-order valence-corrected chi connectivity index (χ2v) is 9.78. The highest BCUT2D eigenvalue weighted by Crippen LogP contribution is 2.46. The number of carbonyl (C=O) groups is 2. The van der Waals surface area contributed by atoms with E-state index in [1.165, 1.54) is 5.56 Å². The number of carboxylic acid groups (broad SMARTS) is 2. The standard InChI is InChI=1S/C26H26ClNO6S/c27-22-23(34-15-21(29)30)25(26(31)32)35-24(22)17-7-4-8-19(13-17)28-18-9-11-20(12-10-18)33-14-16-5-2-1-3-6-16/h1-8,13,18,20,28H,9-12,14-15H2,(H,29,30)(H,31,32)/t18-,20+. The van der Waals surface area contributed by atoms with Crippen LogP contribution < -0.4 is 10.1 Å². The molecule has 1 aliphatic rings. The molecule has 0 bridgehead atoms. The number of hydrogen-bond acceptors (Lipinski definition) is 6. The zero-order chi connectivity index (χ0) is 24.8. The molecule has 35 heavy (non-hydrogen) atoms. The van der Waals surface area contributed by atoms with Gasteiger partial charge in [-0.05, 0) is 48.9 Å². The average Bonchev–Trinajstić information content (AvgIpc) is 3.19. The molecular formula is C26H26ClNO6S. The SMILES string of the molecule is O=C(O)COc1c(C(=O)O)sc(-c2cccc(N[C@H]3CC[C@@H](OCc4ccccc4)CC3)c2)c1Cl. The van der Waals surface area contributed by atoms with Crippen LogP contribution in [0.1, 0.15) is 40.9 Å². The summed E-state index contributed by atoms with van der Waals surface area (Å²) < 4.78 is 11.3. The third kappa shape index (κ3) is 6.54. The topological polar surface area (TPSA) is 105 Å². The van der Waals surface area contributed by atoms with Gasteiger partial charge in [-0.25, -0.2) is 9.59 Å². The lowest BCUT2D eigenvalue weighted by atomic mass is 9.92. The first-order valence-electron chi connectivity index (χ1n) is 11.3. The molecule has 3 N–H and O–H groups in total. The van der Waals surface area contributed by atoms with Crippen LogP contribution in [0.4, 0.5) is 5.69 Å². The monoisotopic (exact) mass is 515 g/mol. The van der Waals surface area contributed by atoms with Gasteiger partial charge in [-0.15, -0.1) is 11.3 Å². The van der Waals surface area contributed by atoms with Gasteiger partial charge in [0.05, 0.1) is 17.6 Å². The van der Waals surface area contributed by atoms with E-state index in [4.69, 9.17) is 26.2 Å². The fourth-order valence-corrected chi connectivity index (χ4v) is 5.54. The van der Waals surface area contributed by atoms with E-state index in [0.29, 0.717) is 17.5 Å². The van der Waals surface area contributed by atoms with Crippen molar-refractivity contribution < 1.29 is 29.3 Å². The summed E-state index contributed by atoms with van der Waals surface area (Å²) in [5.41, 5.74) is 2.82. The Morgan fingerprint density at radius 1 is 1.03 bits per heavy atom. The third-order valence-corrected chi connectivity index (χ3v) is 7.52. The summed E-state index contributed by atoms with van der Waals surface area (Å²) in [4.78, 5) is 22.9. The smallest absolute Gasteiger partial charge is 0.349 e. The van der Waals surface area contributed by atoms with Gasteiger partial charge in [0.1, 0.15) is 5.02 Å². The molecule has 1 saturated carbocycles. The predicted molar refractivity (Wildman–Crippen MR) is 136 cm³/mol. The van der Waals surface area contributed by atoms with Crippen LogP contribution in [0, 0.1) is 0 Å². The molecule has 4 rings (SSSR count). The molecule has 0 saturated heterocycles. The molecule has 9 heteroatoms. The summed E-state index contributed by atoms with van der Waals surface area (Å²) in [6.45, 7) is -0.0424. The Hall–Kier alpha value is -3.07. The van der Waals surface area contributed by atoms with Crippen LogP contribution >= 0.6 is 22.9 Å². The lowest BCUT2D eigenvalue weighted by Crippen LogP contribution is -2.29. The second kappa shape index (κ2) is 11.6. The number of benzene rings is 2. The maximum absolute atomic E-state index is 11.6. The van der Waals surface area contributed by atoms with Crippen LogP contribution in [0.5, 0.6) is 5.75 Å².